The van der Waals surface area contributed by atoms with E-state index in [9.17, 15) is 5.11 Å². The van der Waals surface area contributed by atoms with Crippen molar-refractivity contribution in [1.82, 2.24) is 19.7 Å². The van der Waals surface area contributed by atoms with E-state index in [-0.39, 0.29) is 6.61 Å². The van der Waals surface area contributed by atoms with Crippen LogP contribution in [0.1, 0.15) is 41.7 Å². The smallest absolute Gasteiger partial charge is 0.146 e. The molecule has 1 aromatic heterocycles. The van der Waals surface area contributed by atoms with Gasteiger partial charge in [0, 0.05) is 19.6 Å². The first kappa shape index (κ1) is 15.2. The summed E-state index contributed by atoms with van der Waals surface area (Å²) in [5, 5.41) is 17.9. The lowest BCUT2D eigenvalue weighted by Gasteiger charge is -2.35. The summed E-state index contributed by atoms with van der Waals surface area (Å²) in [5.41, 5.74) is 2.84. The first-order valence-electron chi connectivity index (χ1n) is 7.98. The van der Waals surface area contributed by atoms with Crippen LogP contribution >= 0.6 is 0 Å². The summed E-state index contributed by atoms with van der Waals surface area (Å²) >= 11 is 0. The average Bonchev–Trinajstić information content (AvgIpc) is 2.86. The van der Waals surface area contributed by atoms with Gasteiger partial charge in [-0.05, 0) is 37.3 Å². The minimum Gasteiger partial charge on any atom is -0.395 e. The highest BCUT2D eigenvalue weighted by atomic mass is 16.3. The molecule has 1 heterocycles. The first-order valence-corrected chi connectivity index (χ1v) is 7.98. The van der Waals surface area contributed by atoms with Crippen LogP contribution in [0, 0.1) is 6.92 Å². The van der Waals surface area contributed by atoms with Gasteiger partial charge in [0.25, 0.3) is 0 Å². The van der Waals surface area contributed by atoms with E-state index in [1.165, 1.54) is 17.5 Å². The Morgan fingerprint density at radius 2 is 2.14 bits per heavy atom. The van der Waals surface area contributed by atoms with E-state index in [0.717, 1.165) is 31.0 Å². The number of hydrogen-bond donors (Lipinski definition) is 1. The Labute approximate surface area is 131 Å². The summed E-state index contributed by atoms with van der Waals surface area (Å²) in [6.07, 6.45) is 3.48. The number of fused-ring (bicyclic) bond motifs is 1. The molecule has 0 spiro atoms. The summed E-state index contributed by atoms with van der Waals surface area (Å²) in [5.74, 6) is 1.87. The maximum Gasteiger partial charge on any atom is 0.146 e. The molecule has 0 aliphatic heterocycles. The van der Waals surface area contributed by atoms with E-state index in [1.807, 2.05) is 18.5 Å². The number of aromatic nitrogens is 3. The Balaban J connectivity index is 1.87. The fourth-order valence-corrected chi connectivity index (χ4v) is 3.35. The summed E-state index contributed by atoms with van der Waals surface area (Å²) < 4.78 is 2.03. The lowest BCUT2D eigenvalue weighted by molar-refractivity contribution is 0.127. The standard InChI is InChI=1S/C17H24N4O/c1-13-18-19-17(20(13)2)12-21(10-11-22)16-9-5-7-14-6-3-4-8-15(14)16/h3-4,6,8,16,22H,5,7,9-12H2,1-2H3. The number of aliphatic hydroxyl groups excluding tert-OH is 1. The predicted octanol–water partition coefficient (Wildman–Crippen LogP) is 2.00. The van der Waals surface area contributed by atoms with Crippen LogP contribution < -0.4 is 0 Å². The molecule has 1 aliphatic carbocycles. The molecule has 0 saturated carbocycles. The summed E-state index contributed by atoms with van der Waals surface area (Å²) in [6.45, 7) is 3.50. The number of hydrogen-bond acceptors (Lipinski definition) is 4. The van der Waals surface area contributed by atoms with Crippen molar-refractivity contribution in [2.45, 2.75) is 38.8 Å². The molecular weight excluding hydrogens is 276 g/mol. The predicted molar refractivity (Wildman–Crippen MR) is 85.4 cm³/mol. The van der Waals surface area contributed by atoms with Crippen molar-refractivity contribution in [3.8, 4) is 0 Å². The Morgan fingerprint density at radius 3 is 2.86 bits per heavy atom. The molecule has 0 amide bonds. The van der Waals surface area contributed by atoms with E-state index >= 15 is 0 Å². The van der Waals surface area contributed by atoms with Crippen molar-refractivity contribution in [1.29, 1.82) is 0 Å². The lowest BCUT2D eigenvalue weighted by atomic mass is 9.87. The van der Waals surface area contributed by atoms with Crippen LogP contribution in [0.5, 0.6) is 0 Å². The second-order valence-corrected chi connectivity index (χ2v) is 6.02. The van der Waals surface area contributed by atoms with E-state index in [0.29, 0.717) is 12.6 Å². The van der Waals surface area contributed by atoms with Crippen LogP contribution in [0.25, 0.3) is 0 Å². The zero-order chi connectivity index (χ0) is 15.5. The highest BCUT2D eigenvalue weighted by Crippen LogP contribution is 2.34. The van der Waals surface area contributed by atoms with Crippen LogP contribution in [0.2, 0.25) is 0 Å². The minimum atomic E-state index is 0.162. The Morgan fingerprint density at radius 1 is 1.32 bits per heavy atom. The van der Waals surface area contributed by atoms with Gasteiger partial charge in [0.05, 0.1) is 13.2 Å². The van der Waals surface area contributed by atoms with Crippen molar-refractivity contribution in [2.24, 2.45) is 7.05 Å². The van der Waals surface area contributed by atoms with Crippen LogP contribution in [-0.4, -0.2) is 37.9 Å². The first-order chi connectivity index (χ1) is 10.7. The molecule has 0 fully saturated rings. The van der Waals surface area contributed by atoms with Crippen molar-refractivity contribution in [3.63, 3.8) is 0 Å². The molecule has 2 aromatic rings. The normalized spacial score (nSPS) is 17.7. The maximum atomic E-state index is 9.48. The molecule has 0 saturated heterocycles. The number of nitrogens with zero attached hydrogens (tertiary/aromatic N) is 4. The van der Waals surface area contributed by atoms with Gasteiger partial charge in [-0.25, -0.2) is 0 Å². The largest absolute Gasteiger partial charge is 0.395 e. The molecule has 3 rings (SSSR count). The van der Waals surface area contributed by atoms with Crippen LogP contribution in [0.4, 0.5) is 0 Å². The fourth-order valence-electron chi connectivity index (χ4n) is 3.35. The molecule has 118 valence electrons. The van der Waals surface area contributed by atoms with Gasteiger partial charge < -0.3 is 9.67 Å². The lowest BCUT2D eigenvalue weighted by Crippen LogP contribution is -2.34. The number of rotatable bonds is 5. The molecule has 1 N–H and O–H groups in total. The Hall–Kier alpha value is -1.72. The summed E-state index contributed by atoms with van der Waals surface area (Å²) in [6, 6.07) is 9.04. The average molecular weight is 300 g/mol. The molecule has 1 atom stereocenters. The van der Waals surface area contributed by atoms with Crippen molar-refractivity contribution in [3.05, 3.63) is 47.0 Å². The second-order valence-electron chi connectivity index (χ2n) is 6.02. The molecule has 22 heavy (non-hydrogen) atoms. The molecule has 0 bridgehead atoms. The molecule has 1 aliphatic rings. The molecule has 5 heteroatoms. The zero-order valence-electron chi connectivity index (χ0n) is 13.4. The Bertz CT molecular complexity index is 637. The number of aryl methyl sites for hydroxylation is 2. The van der Waals surface area contributed by atoms with E-state index in [2.05, 4.69) is 39.4 Å². The maximum absolute atomic E-state index is 9.48. The molecular formula is C17H24N4O. The van der Waals surface area contributed by atoms with Crippen molar-refractivity contribution >= 4 is 0 Å². The van der Waals surface area contributed by atoms with Crippen molar-refractivity contribution < 1.29 is 5.11 Å². The summed E-state index contributed by atoms with van der Waals surface area (Å²) in [7, 11) is 2.00. The van der Waals surface area contributed by atoms with E-state index < -0.39 is 0 Å². The van der Waals surface area contributed by atoms with Crippen LogP contribution in [-0.2, 0) is 20.0 Å². The quantitative estimate of drug-likeness (QED) is 0.917. The monoisotopic (exact) mass is 300 g/mol. The molecule has 1 aromatic carbocycles. The van der Waals surface area contributed by atoms with Gasteiger partial charge in [0.1, 0.15) is 11.6 Å². The Kier molecular flexibility index (Phi) is 4.55. The SMILES string of the molecule is Cc1nnc(CN(CCO)C2CCCc3ccccc32)n1C. The van der Waals surface area contributed by atoms with Gasteiger partial charge in [-0.2, -0.15) is 0 Å². The topological polar surface area (TPSA) is 54.2 Å². The molecule has 5 nitrogen and oxygen atoms in total. The van der Waals surface area contributed by atoms with Crippen LogP contribution in [0.3, 0.4) is 0 Å². The molecule has 0 radical (unpaired) electrons. The van der Waals surface area contributed by atoms with E-state index in [1.54, 1.807) is 0 Å². The number of benzene rings is 1. The zero-order valence-corrected chi connectivity index (χ0v) is 13.4. The van der Waals surface area contributed by atoms with Crippen LogP contribution in [0.15, 0.2) is 24.3 Å². The van der Waals surface area contributed by atoms with Gasteiger partial charge >= 0.3 is 0 Å². The minimum absolute atomic E-state index is 0.162. The van der Waals surface area contributed by atoms with Gasteiger partial charge in [-0.1, -0.05) is 24.3 Å². The molecule has 1 unspecified atom stereocenters. The second kappa shape index (κ2) is 6.58. The van der Waals surface area contributed by atoms with E-state index in [4.69, 9.17) is 0 Å². The third kappa shape index (κ3) is 2.91. The highest BCUT2D eigenvalue weighted by Gasteiger charge is 2.26. The van der Waals surface area contributed by atoms with Gasteiger partial charge in [0.15, 0.2) is 0 Å². The number of aliphatic hydroxyl groups is 1. The van der Waals surface area contributed by atoms with Crippen molar-refractivity contribution in [2.75, 3.05) is 13.2 Å². The highest BCUT2D eigenvalue weighted by molar-refractivity contribution is 5.32. The van der Waals surface area contributed by atoms with Gasteiger partial charge in [-0.15, -0.1) is 10.2 Å². The fraction of sp³-hybridized carbons (Fsp3) is 0.529. The van der Waals surface area contributed by atoms with Gasteiger partial charge in [0.2, 0.25) is 0 Å². The summed E-state index contributed by atoms with van der Waals surface area (Å²) in [4.78, 5) is 2.33. The van der Waals surface area contributed by atoms with Gasteiger partial charge in [-0.3, -0.25) is 4.90 Å². The third-order valence-electron chi connectivity index (χ3n) is 4.69. The third-order valence-corrected chi connectivity index (χ3v) is 4.69.